The summed E-state index contributed by atoms with van der Waals surface area (Å²) >= 11 is 1.60. The Morgan fingerprint density at radius 1 is 1.10 bits per heavy atom. The molecule has 1 atom stereocenters. The molecule has 0 fully saturated rings. The number of benzene rings is 2. The summed E-state index contributed by atoms with van der Waals surface area (Å²) in [5.41, 5.74) is 1.74. The van der Waals surface area contributed by atoms with E-state index in [-0.39, 0.29) is 5.91 Å². The molecule has 0 radical (unpaired) electrons. The fourth-order valence-corrected chi connectivity index (χ4v) is 4.38. The van der Waals surface area contributed by atoms with Crippen molar-refractivity contribution in [3.05, 3.63) is 70.6 Å². The Balaban J connectivity index is 1.51. The van der Waals surface area contributed by atoms with Gasteiger partial charge in [0.05, 0.1) is 0 Å². The van der Waals surface area contributed by atoms with Gasteiger partial charge in [-0.25, -0.2) is 0 Å². The van der Waals surface area contributed by atoms with E-state index in [1.165, 1.54) is 4.70 Å². The number of aliphatic hydroxyl groups is 1. The molecule has 6 nitrogen and oxygen atoms in total. The minimum Gasteiger partial charge on any atom is -0.386 e. The van der Waals surface area contributed by atoms with Gasteiger partial charge in [0.2, 0.25) is 0 Å². The number of guanidine groups is 1. The summed E-state index contributed by atoms with van der Waals surface area (Å²) in [7, 11) is 1.70. The van der Waals surface area contributed by atoms with Crippen molar-refractivity contribution in [1.82, 2.24) is 15.5 Å². The number of aliphatic imine (C=N–C) groups is 1. The van der Waals surface area contributed by atoms with E-state index in [2.05, 4.69) is 27.8 Å². The molecule has 3 aromatic rings. The number of nitrogens with zero attached hydrogens (tertiary/aromatic N) is 2. The number of amides is 1. The molecule has 7 heteroatoms. The summed E-state index contributed by atoms with van der Waals surface area (Å²) in [6, 6.07) is 17.8. The first-order valence-electron chi connectivity index (χ1n) is 10.5. The summed E-state index contributed by atoms with van der Waals surface area (Å²) in [5.74, 6) is 0.667. The largest absolute Gasteiger partial charge is 0.386 e. The Bertz CT molecular complexity index is 992. The lowest BCUT2D eigenvalue weighted by atomic mass is 10.1. The second-order valence-corrected chi connectivity index (χ2v) is 8.30. The van der Waals surface area contributed by atoms with Crippen molar-refractivity contribution < 1.29 is 9.90 Å². The number of hydrogen-bond donors (Lipinski definition) is 3. The van der Waals surface area contributed by atoms with Crippen LogP contribution in [0.3, 0.4) is 0 Å². The molecule has 1 unspecified atom stereocenters. The molecule has 1 amide bonds. The van der Waals surface area contributed by atoms with E-state index < -0.39 is 6.10 Å². The van der Waals surface area contributed by atoms with Crippen LogP contribution in [-0.4, -0.2) is 48.6 Å². The maximum Gasteiger partial charge on any atom is 0.253 e. The van der Waals surface area contributed by atoms with Crippen molar-refractivity contribution in [2.45, 2.75) is 26.5 Å². The minimum absolute atomic E-state index is 0.0530. The number of carbonyl (C=O) groups is 1. The fraction of sp³-hybridized carbons (Fsp3) is 0.333. The highest BCUT2D eigenvalue weighted by Gasteiger charge is 2.13. The van der Waals surface area contributed by atoms with Gasteiger partial charge >= 0.3 is 0 Å². The van der Waals surface area contributed by atoms with E-state index in [1.54, 1.807) is 23.3 Å². The summed E-state index contributed by atoms with van der Waals surface area (Å²) in [4.78, 5) is 19.4. The second-order valence-electron chi connectivity index (χ2n) is 7.18. The van der Waals surface area contributed by atoms with Gasteiger partial charge in [-0.05, 0) is 49.1 Å². The highest BCUT2D eigenvalue weighted by molar-refractivity contribution is 7.19. The lowest BCUT2D eigenvalue weighted by molar-refractivity contribution is 0.0773. The molecular formula is C24H30N4O2S. The van der Waals surface area contributed by atoms with Gasteiger partial charge in [-0.1, -0.05) is 30.3 Å². The van der Waals surface area contributed by atoms with E-state index in [1.807, 2.05) is 56.3 Å². The monoisotopic (exact) mass is 438 g/mol. The molecule has 0 spiro atoms. The lowest BCUT2D eigenvalue weighted by Crippen LogP contribution is -2.38. The van der Waals surface area contributed by atoms with Crippen LogP contribution >= 0.6 is 11.3 Å². The zero-order valence-electron chi connectivity index (χ0n) is 18.3. The van der Waals surface area contributed by atoms with Crippen molar-refractivity contribution in [2.24, 2.45) is 4.99 Å². The van der Waals surface area contributed by atoms with Gasteiger partial charge in [0.25, 0.3) is 5.91 Å². The number of carbonyl (C=O) groups excluding carboxylic acids is 1. The number of thiophene rings is 1. The van der Waals surface area contributed by atoms with Gasteiger partial charge in [0, 0.05) is 48.4 Å². The van der Waals surface area contributed by atoms with Crippen molar-refractivity contribution in [3.8, 4) is 0 Å². The van der Waals surface area contributed by atoms with Crippen LogP contribution in [0.25, 0.3) is 10.1 Å². The Labute approximate surface area is 187 Å². The number of hydrogen-bond acceptors (Lipinski definition) is 4. The minimum atomic E-state index is -0.610. The molecule has 164 valence electrons. The predicted molar refractivity (Wildman–Crippen MR) is 129 cm³/mol. The van der Waals surface area contributed by atoms with E-state index >= 15 is 0 Å². The van der Waals surface area contributed by atoms with Crippen LogP contribution in [-0.2, 0) is 6.54 Å². The number of aliphatic hydroxyl groups excluding tert-OH is 1. The molecule has 0 aliphatic carbocycles. The van der Waals surface area contributed by atoms with Crippen molar-refractivity contribution >= 4 is 33.3 Å². The topological polar surface area (TPSA) is 77.0 Å². The van der Waals surface area contributed by atoms with Crippen LogP contribution in [0.1, 0.15) is 40.8 Å². The van der Waals surface area contributed by atoms with Crippen LogP contribution < -0.4 is 10.6 Å². The van der Waals surface area contributed by atoms with Crippen LogP contribution in [0.5, 0.6) is 0 Å². The van der Waals surface area contributed by atoms with E-state index in [4.69, 9.17) is 0 Å². The molecule has 3 rings (SSSR count). The second kappa shape index (κ2) is 10.9. The van der Waals surface area contributed by atoms with Gasteiger partial charge in [-0.15, -0.1) is 11.3 Å². The highest BCUT2D eigenvalue weighted by Crippen LogP contribution is 2.29. The summed E-state index contributed by atoms with van der Waals surface area (Å²) in [6.45, 7) is 6.30. The summed E-state index contributed by atoms with van der Waals surface area (Å²) < 4.78 is 1.17. The number of fused-ring (bicyclic) bond motifs is 1. The maximum atomic E-state index is 12.4. The Morgan fingerprint density at radius 3 is 2.45 bits per heavy atom. The zero-order valence-corrected chi connectivity index (χ0v) is 19.1. The van der Waals surface area contributed by atoms with Crippen molar-refractivity contribution in [1.29, 1.82) is 0 Å². The van der Waals surface area contributed by atoms with E-state index in [9.17, 15) is 9.90 Å². The Kier molecular flexibility index (Phi) is 8.03. The van der Waals surface area contributed by atoms with Gasteiger partial charge in [-0.3, -0.25) is 9.79 Å². The molecule has 0 saturated heterocycles. The zero-order chi connectivity index (χ0) is 22.2. The molecule has 1 heterocycles. The van der Waals surface area contributed by atoms with Crippen molar-refractivity contribution in [3.63, 3.8) is 0 Å². The third-order valence-corrected chi connectivity index (χ3v) is 6.39. The number of rotatable bonds is 8. The van der Waals surface area contributed by atoms with E-state index in [0.29, 0.717) is 37.7 Å². The first-order valence-corrected chi connectivity index (χ1v) is 11.4. The van der Waals surface area contributed by atoms with Crippen LogP contribution in [0.15, 0.2) is 59.6 Å². The average molecular weight is 439 g/mol. The van der Waals surface area contributed by atoms with Crippen LogP contribution in [0.4, 0.5) is 0 Å². The van der Waals surface area contributed by atoms with Gasteiger partial charge < -0.3 is 20.6 Å². The maximum absolute atomic E-state index is 12.4. The van der Waals surface area contributed by atoms with E-state index in [0.717, 1.165) is 15.8 Å². The van der Waals surface area contributed by atoms with Crippen LogP contribution in [0, 0.1) is 0 Å². The molecule has 3 N–H and O–H groups in total. The van der Waals surface area contributed by atoms with Gasteiger partial charge in [0.1, 0.15) is 6.10 Å². The standard InChI is InChI=1S/C24H30N4O2S/c1-4-28(5-2)23(30)18-12-10-17(11-13-18)15-26-24(25-3)27-16-20(29)22-14-19-8-6-7-9-21(19)31-22/h6-14,20,29H,4-5,15-16H2,1-3H3,(H2,25,26,27). The molecule has 1 aromatic heterocycles. The predicted octanol–water partition coefficient (Wildman–Crippen LogP) is 3.78. The molecule has 31 heavy (non-hydrogen) atoms. The Hall–Kier alpha value is -2.90. The van der Waals surface area contributed by atoms with Gasteiger partial charge in [0.15, 0.2) is 5.96 Å². The fourth-order valence-electron chi connectivity index (χ4n) is 3.33. The Morgan fingerprint density at radius 2 is 1.81 bits per heavy atom. The molecule has 0 saturated carbocycles. The quantitative estimate of drug-likeness (QED) is 0.369. The normalized spacial score (nSPS) is 12.6. The third-order valence-electron chi connectivity index (χ3n) is 5.17. The van der Waals surface area contributed by atoms with Gasteiger partial charge in [-0.2, -0.15) is 0 Å². The lowest BCUT2D eigenvalue weighted by Gasteiger charge is -2.18. The first kappa shape index (κ1) is 22.8. The molecule has 0 aliphatic rings. The summed E-state index contributed by atoms with van der Waals surface area (Å²) in [5, 5.41) is 18.1. The van der Waals surface area contributed by atoms with Crippen molar-refractivity contribution in [2.75, 3.05) is 26.7 Å². The third kappa shape index (κ3) is 5.83. The SMILES string of the molecule is CCN(CC)C(=O)c1ccc(CNC(=NC)NCC(O)c2cc3ccccc3s2)cc1. The smallest absolute Gasteiger partial charge is 0.253 e. The first-order chi connectivity index (χ1) is 15.0. The summed E-state index contributed by atoms with van der Waals surface area (Å²) in [6.07, 6.45) is -0.610. The molecule has 0 bridgehead atoms. The molecule has 2 aromatic carbocycles. The number of nitrogens with one attached hydrogen (secondary N) is 2. The highest BCUT2D eigenvalue weighted by atomic mass is 32.1. The average Bonchev–Trinajstić information content (AvgIpc) is 3.24. The molecule has 0 aliphatic heterocycles. The molecular weight excluding hydrogens is 408 g/mol. The van der Waals surface area contributed by atoms with Crippen LogP contribution in [0.2, 0.25) is 0 Å².